The summed E-state index contributed by atoms with van der Waals surface area (Å²) in [5, 5.41) is 0. The number of hydrogen-bond donors (Lipinski definition) is 0. The van der Waals surface area contributed by atoms with E-state index < -0.39 is 74.0 Å². The lowest BCUT2D eigenvalue weighted by Gasteiger charge is -2.40. The number of halogens is 9. The summed E-state index contributed by atoms with van der Waals surface area (Å²) in [4.78, 5) is 0. The van der Waals surface area contributed by atoms with Crippen molar-refractivity contribution < 1.29 is 49.0 Å². The van der Waals surface area contributed by atoms with E-state index in [-0.39, 0.29) is 12.8 Å². The molecule has 0 spiro atoms. The second kappa shape index (κ2) is 8.81. The van der Waals surface area contributed by atoms with E-state index in [1.54, 1.807) is 13.0 Å². The summed E-state index contributed by atoms with van der Waals surface area (Å²) in [7, 11) is 0. The van der Waals surface area contributed by atoms with Crippen LogP contribution in [0.1, 0.15) is 32.6 Å². The zero-order chi connectivity index (χ0) is 21.3. The van der Waals surface area contributed by atoms with E-state index in [1.807, 2.05) is 0 Å². The van der Waals surface area contributed by atoms with E-state index in [4.69, 9.17) is 0 Å². The predicted octanol–water partition coefficient (Wildman–Crippen LogP) is 5.62. The minimum absolute atomic E-state index is 0.363. The van der Waals surface area contributed by atoms with Crippen molar-refractivity contribution in [3.8, 4) is 0 Å². The SMILES string of the molecule is C/C=C/C1CC(F)C(C(F)(F)OC2CC(F)C(OC(F)(F)F)C(F)C2)C(F)C1. The Bertz CT molecular complexity index is 515. The molecule has 4 unspecified atom stereocenters. The number of rotatable bonds is 5. The molecule has 2 aliphatic rings. The molecule has 11 heteroatoms. The van der Waals surface area contributed by atoms with Gasteiger partial charge in [-0.1, -0.05) is 12.2 Å². The van der Waals surface area contributed by atoms with Crippen LogP contribution in [0.4, 0.5) is 39.5 Å². The first-order valence-electron chi connectivity index (χ1n) is 8.83. The molecule has 2 saturated carbocycles. The average molecular weight is 428 g/mol. The molecule has 4 atom stereocenters. The Balaban J connectivity index is 2.02. The maximum atomic E-state index is 14.4. The number of ether oxygens (including phenoxy) is 2. The topological polar surface area (TPSA) is 18.5 Å². The first-order chi connectivity index (χ1) is 12.8. The van der Waals surface area contributed by atoms with Crippen LogP contribution >= 0.6 is 0 Å². The van der Waals surface area contributed by atoms with E-state index in [0.717, 1.165) is 0 Å². The van der Waals surface area contributed by atoms with E-state index >= 15 is 0 Å². The number of allylic oxidation sites excluding steroid dienone is 2. The van der Waals surface area contributed by atoms with Crippen molar-refractivity contribution in [1.82, 2.24) is 0 Å². The number of alkyl halides is 9. The highest BCUT2D eigenvalue weighted by atomic mass is 19.4. The Morgan fingerprint density at radius 2 is 1.25 bits per heavy atom. The van der Waals surface area contributed by atoms with Crippen molar-refractivity contribution in [1.29, 1.82) is 0 Å². The lowest BCUT2D eigenvalue weighted by molar-refractivity contribution is -0.366. The summed E-state index contributed by atoms with van der Waals surface area (Å²) in [6, 6.07) is 0. The first-order valence-corrected chi connectivity index (χ1v) is 8.83. The van der Waals surface area contributed by atoms with Crippen LogP contribution in [-0.2, 0) is 9.47 Å². The lowest BCUT2D eigenvalue weighted by Crippen LogP contribution is -2.52. The molecule has 164 valence electrons. The third-order valence-electron chi connectivity index (χ3n) is 4.97. The molecule has 0 bridgehead atoms. The van der Waals surface area contributed by atoms with Crippen molar-refractivity contribution >= 4 is 0 Å². The summed E-state index contributed by atoms with van der Waals surface area (Å²) < 4.78 is 129. The third-order valence-corrected chi connectivity index (χ3v) is 4.97. The Morgan fingerprint density at radius 3 is 1.68 bits per heavy atom. The monoisotopic (exact) mass is 428 g/mol. The van der Waals surface area contributed by atoms with Gasteiger partial charge in [0.1, 0.15) is 36.7 Å². The predicted molar refractivity (Wildman–Crippen MR) is 80.6 cm³/mol. The van der Waals surface area contributed by atoms with Crippen LogP contribution in [0.25, 0.3) is 0 Å². The smallest absolute Gasteiger partial charge is 0.317 e. The Hall–Kier alpha value is -0.970. The van der Waals surface area contributed by atoms with Gasteiger partial charge in [-0.05, 0) is 25.7 Å². The average Bonchev–Trinajstić information content (AvgIpc) is 2.49. The summed E-state index contributed by atoms with van der Waals surface area (Å²) in [6.07, 6.45) is -23.4. The molecular weight excluding hydrogens is 407 g/mol. The molecule has 0 aromatic carbocycles. The molecule has 0 aliphatic heterocycles. The van der Waals surface area contributed by atoms with Crippen LogP contribution in [0.2, 0.25) is 0 Å². The largest absolute Gasteiger partial charge is 0.522 e. The standard InChI is InChI=1S/C17H21F9O2/c1-2-3-8-4-10(18)14(11(19)5-8)16(22,23)27-9-6-12(20)15(13(21)7-9)28-17(24,25)26/h2-3,8-15H,4-7H2,1H3/b3-2+. The lowest BCUT2D eigenvalue weighted by atomic mass is 9.78. The van der Waals surface area contributed by atoms with E-state index in [9.17, 15) is 39.5 Å². The second-order valence-electron chi connectivity index (χ2n) is 7.15. The summed E-state index contributed by atoms with van der Waals surface area (Å²) in [6.45, 7) is 1.61. The molecule has 2 rings (SSSR count). The Morgan fingerprint density at radius 1 is 0.750 bits per heavy atom. The maximum Gasteiger partial charge on any atom is 0.522 e. The van der Waals surface area contributed by atoms with Gasteiger partial charge < -0.3 is 4.74 Å². The van der Waals surface area contributed by atoms with Crippen molar-refractivity contribution in [2.24, 2.45) is 11.8 Å². The summed E-state index contributed by atoms with van der Waals surface area (Å²) >= 11 is 0. The van der Waals surface area contributed by atoms with Gasteiger partial charge in [0, 0.05) is 12.8 Å². The molecular formula is C17H21F9O2. The highest BCUT2D eigenvalue weighted by Gasteiger charge is 2.56. The minimum Gasteiger partial charge on any atom is -0.317 e. The zero-order valence-electron chi connectivity index (χ0n) is 14.8. The van der Waals surface area contributed by atoms with Crippen LogP contribution in [0.15, 0.2) is 12.2 Å². The van der Waals surface area contributed by atoms with Crippen LogP contribution < -0.4 is 0 Å². The van der Waals surface area contributed by atoms with Gasteiger partial charge in [0.2, 0.25) is 0 Å². The highest BCUT2D eigenvalue weighted by Crippen LogP contribution is 2.45. The molecule has 2 fully saturated rings. The highest BCUT2D eigenvalue weighted by molar-refractivity contribution is 4.98. The van der Waals surface area contributed by atoms with Gasteiger partial charge in [-0.2, -0.15) is 8.78 Å². The molecule has 0 aromatic heterocycles. The molecule has 2 aliphatic carbocycles. The van der Waals surface area contributed by atoms with E-state index in [2.05, 4.69) is 9.47 Å². The second-order valence-corrected chi connectivity index (χ2v) is 7.15. The maximum absolute atomic E-state index is 14.4. The molecule has 2 nitrogen and oxygen atoms in total. The molecule has 28 heavy (non-hydrogen) atoms. The number of hydrogen-bond acceptors (Lipinski definition) is 2. The van der Waals surface area contributed by atoms with Crippen molar-refractivity contribution in [2.75, 3.05) is 0 Å². The van der Waals surface area contributed by atoms with Gasteiger partial charge in [0.05, 0.1) is 6.10 Å². The quantitative estimate of drug-likeness (QED) is 0.418. The van der Waals surface area contributed by atoms with Crippen molar-refractivity contribution in [3.63, 3.8) is 0 Å². The molecule has 0 radical (unpaired) electrons. The summed E-state index contributed by atoms with van der Waals surface area (Å²) in [5.41, 5.74) is 0. The van der Waals surface area contributed by atoms with Gasteiger partial charge in [0.15, 0.2) is 0 Å². The first kappa shape index (κ1) is 23.3. The molecule has 0 heterocycles. The molecule has 0 amide bonds. The van der Waals surface area contributed by atoms with Gasteiger partial charge in [-0.25, -0.2) is 17.6 Å². The fourth-order valence-corrected chi connectivity index (χ4v) is 3.84. The molecule has 0 aromatic rings. The van der Waals surface area contributed by atoms with Gasteiger partial charge in [0.25, 0.3) is 0 Å². The van der Waals surface area contributed by atoms with E-state index in [0.29, 0.717) is 0 Å². The van der Waals surface area contributed by atoms with Gasteiger partial charge >= 0.3 is 12.5 Å². The van der Waals surface area contributed by atoms with Gasteiger partial charge in [-0.3, -0.25) is 4.74 Å². The van der Waals surface area contributed by atoms with Gasteiger partial charge in [-0.15, -0.1) is 13.2 Å². The Kier molecular flexibility index (Phi) is 7.33. The minimum atomic E-state index is -5.30. The molecule has 0 N–H and O–H groups in total. The Labute approximate surface area is 156 Å². The fraction of sp³-hybridized carbons (Fsp3) is 0.882. The summed E-state index contributed by atoms with van der Waals surface area (Å²) in [5.74, 6) is -3.03. The molecule has 0 saturated heterocycles. The van der Waals surface area contributed by atoms with Crippen LogP contribution in [0.3, 0.4) is 0 Å². The van der Waals surface area contributed by atoms with Crippen LogP contribution in [-0.4, -0.2) is 49.4 Å². The third kappa shape index (κ3) is 5.77. The van der Waals surface area contributed by atoms with Crippen molar-refractivity contribution in [2.45, 2.75) is 82.0 Å². The van der Waals surface area contributed by atoms with Crippen LogP contribution in [0, 0.1) is 11.8 Å². The van der Waals surface area contributed by atoms with Crippen LogP contribution in [0.5, 0.6) is 0 Å². The normalized spacial score (nSPS) is 40.8. The van der Waals surface area contributed by atoms with E-state index in [1.165, 1.54) is 6.08 Å². The van der Waals surface area contributed by atoms with Crippen molar-refractivity contribution in [3.05, 3.63) is 12.2 Å². The zero-order valence-corrected chi connectivity index (χ0v) is 14.8. The fourth-order valence-electron chi connectivity index (χ4n) is 3.84.